The molecule has 0 spiro atoms. The van der Waals surface area contributed by atoms with Crippen LogP contribution < -0.4 is 4.90 Å². The molecule has 0 bridgehead atoms. The third-order valence-electron chi connectivity index (χ3n) is 4.87. The first kappa shape index (κ1) is 20.1. The van der Waals surface area contributed by atoms with Crippen LogP contribution in [0.1, 0.15) is 17.7 Å². The van der Waals surface area contributed by atoms with Gasteiger partial charge in [-0.05, 0) is 52.7 Å². The zero-order valence-electron chi connectivity index (χ0n) is 15.7. The Morgan fingerprint density at radius 1 is 1.14 bits per heavy atom. The Bertz CT molecular complexity index is 1040. The summed E-state index contributed by atoms with van der Waals surface area (Å²) in [6.07, 6.45) is 1.27. The van der Waals surface area contributed by atoms with Gasteiger partial charge < -0.3 is 9.80 Å². The minimum absolute atomic E-state index is 0.135. The summed E-state index contributed by atoms with van der Waals surface area (Å²) >= 11 is 6.71. The summed E-state index contributed by atoms with van der Waals surface area (Å²) in [6, 6.07) is 11.9. The van der Waals surface area contributed by atoms with Gasteiger partial charge in [-0.15, -0.1) is 22.7 Å². The minimum Gasteiger partial charge on any atom is -0.370 e. The fourth-order valence-electron chi connectivity index (χ4n) is 3.37. The molecule has 0 N–H and O–H groups in total. The summed E-state index contributed by atoms with van der Waals surface area (Å²) in [5.74, 6) is 0.135. The fraction of sp³-hybridized carbons (Fsp3) is 0.286. The molecule has 1 fully saturated rings. The number of benzene rings is 1. The highest BCUT2D eigenvalue weighted by atomic mass is 79.9. The first-order valence-electron chi connectivity index (χ1n) is 9.34. The number of thiophene rings is 1. The van der Waals surface area contributed by atoms with Crippen LogP contribution >= 0.6 is 38.6 Å². The van der Waals surface area contributed by atoms with E-state index in [9.17, 15) is 4.79 Å². The van der Waals surface area contributed by atoms with E-state index in [1.54, 1.807) is 22.7 Å². The quantitative estimate of drug-likeness (QED) is 0.531. The van der Waals surface area contributed by atoms with Gasteiger partial charge in [-0.3, -0.25) is 4.79 Å². The largest absolute Gasteiger partial charge is 0.370 e. The average molecular weight is 487 g/mol. The number of carbonyl (C=O) groups excluding carboxylic acids is 1. The minimum atomic E-state index is 0.135. The molecule has 0 saturated carbocycles. The summed E-state index contributed by atoms with van der Waals surface area (Å²) in [4.78, 5) is 22.8. The van der Waals surface area contributed by atoms with Gasteiger partial charge in [0, 0.05) is 47.1 Å². The molecule has 0 unspecified atom stereocenters. The van der Waals surface area contributed by atoms with Crippen molar-refractivity contribution in [2.75, 3.05) is 31.1 Å². The summed E-state index contributed by atoms with van der Waals surface area (Å²) in [5, 5.41) is 13.9. The molecule has 2 aromatic heterocycles. The van der Waals surface area contributed by atoms with Gasteiger partial charge in [-0.2, -0.15) is 5.26 Å². The molecule has 1 saturated heterocycles. The van der Waals surface area contributed by atoms with E-state index in [2.05, 4.69) is 37.9 Å². The maximum Gasteiger partial charge on any atom is 0.228 e. The SMILES string of the molecule is N#Cc1ccc(N2CCCN(C(=O)Cc3csc(-c4cc(Br)cs4)n3)CC2)cc1. The highest BCUT2D eigenvalue weighted by Crippen LogP contribution is 2.32. The van der Waals surface area contributed by atoms with Crippen LogP contribution in [0.5, 0.6) is 0 Å². The van der Waals surface area contributed by atoms with Crippen LogP contribution in [0.15, 0.2) is 45.6 Å². The Kier molecular flexibility index (Phi) is 6.28. The molecular formula is C21H19BrN4OS2. The van der Waals surface area contributed by atoms with Crippen molar-refractivity contribution in [1.82, 2.24) is 9.88 Å². The van der Waals surface area contributed by atoms with Crippen molar-refractivity contribution in [1.29, 1.82) is 5.26 Å². The summed E-state index contributed by atoms with van der Waals surface area (Å²) in [6.45, 7) is 3.17. The van der Waals surface area contributed by atoms with E-state index in [1.807, 2.05) is 39.9 Å². The van der Waals surface area contributed by atoms with Crippen molar-refractivity contribution < 1.29 is 4.79 Å². The molecule has 8 heteroatoms. The maximum atomic E-state index is 12.8. The molecule has 4 rings (SSSR count). The van der Waals surface area contributed by atoms with Crippen LogP contribution in [0.25, 0.3) is 9.88 Å². The molecule has 29 heavy (non-hydrogen) atoms. The molecule has 3 heterocycles. The predicted molar refractivity (Wildman–Crippen MR) is 121 cm³/mol. The second-order valence-corrected chi connectivity index (χ2v) is 9.52. The molecule has 3 aromatic rings. The summed E-state index contributed by atoms with van der Waals surface area (Å²) in [5.41, 5.74) is 2.61. The van der Waals surface area contributed by atoms with E-state index < -0.39 is 0 Å². The van der Waals surface area contributed by atoms with Crippen molar-refractivity contribution in [3.05, 3.63) is 56.8 Å². The zero-order valence-corrected chi connectivity index (χ0v) is 18.9. The van der Waals surface area contributed by atoms with Crippen molar-refractivity contribution in [3.63, 3.8) is 0 Å². The van der Waals surface area contributed by atoms with Gasteiger partial charge in [0.05, 0.1) is 28.6 Å². The van der Waals surface area contributed by atoms with Crippen LogP contribution in [0.2, 0.25) is 0 Å². The number of halogens is 1. The van der Waals surface area contributed by atoms with Gasteiger partial charge >= 0.3 is 0 Å². The van der Waals surface area contributed by atoms with E-state index >= 15 is 0 Å². The van der Waals surface area contributed by atoms with Crippen LogP contribution in [-0.2, 0) is 11.2 Å². The second-order valence-electron chi connectivity index (χ2n) is 6.83. The molecule has 1 amide bonds. The molecule has 1 aliphatic rings. The van der Waals surface area contributed by atoms with Gasteiger partial charge in [-0.1, -0.05) is 0 Å². The van der Waals surface area contributed by atoms with Crippen molar-refractivity contribution in [2.24, 2.45) is 0 Å². The monoisotopic (exact) mass is 486 g/mol. The fourth-order valence-corrected chi connectivity index (χ4v) is 5.69. The van der Waals surface area contributed by atoms with Crippen LogP contribution in [0.3, 0.4) is 0 Å². The molecular weight excluding hydrogens is 468 g/mol. The predicted octanol–water partition coefficient (Wildman–Crippen LogP) is 4.79. The molecule has 0 atom stereocenters. The number of rotatable bonds is 4. The van der Waals surface area contributed by atoms with E-state index in [0.717, 1.165) is 51.8 Å². The van der Waals surface area contributed by atoms with Crippen LogP contribution in [0, 0.1) is 11.3 Å². The lowest BCUT2D eigenvalue weighted by Gasteiger charge is -2.23. The van der Waals surface area contributed by atoms with E-state index in [4.69, 9.17) is 5.26 Å². The standard InChI is InChI=1S/C21H19BrN4OS2/c22-16-10-19(28-13-16)21-24-17(14-29-21)11-20(27)26-7-1-6-25(8-9-26)18-4-2-15(12-23)3-5-18/h2-5,10,13-14H,1,6-9,11H2. The van der Waals surface area contributed by atoms with Gasteiger partial charge in [0.1, 0.15) is 5.01 Å². The summed E-state index contributed by atoms with van der Waals surface area (Å²) < 4.78 is 1.06. The van der Waals surface area contributed by atoms with Crippen LogP contribution in [0.4, 0.5) is 5.69 Å². The number of hydrogen-bond acceptors (Lipinski definition) is 6. The van der Waals surface area contributed by atoms with E-state index in [1.165, 1.54) is 0 Å². The van der Waals surface area contributed by atoms with Crippen molar-refractivity contribution >= 4 is 50.2 Å². The first-order chi connectivity index (χ1) is 14.1. The lowest BCUT2D eigenvalue weighted by molar-refractivity contribution is -0.130. The Hall–Kier alpha value is -2.21. The Labute approximate surface area is 186 Å². The third-order valence-corrected chi connectivity index (χ3v) is 7.62. The number of nitriles is 1. The van der Waals surface area contributed by atoms with E-state index in [-0.39, 0.29) is 5.91 Å². The summed E-state index contributed by atoms with van der Waals surface area (Å²) in [7, 11) is 0. The number of nitrogens with zero attached hydrogens (tertiary/aromatic N) is 4. The first-order valence-corrected chi connectivity index (χ1v) is 11.9. The molecule has 5 nitrogen and oxygen atoms in total. The maximum absolute atomic E-state index is 12.8. The van der Waals surface area contributed by atoms with Gasteiger partial charge in [0.25, 0.3) is 0 Å². The normalized spacial score (nSPS) is 14.5. The molecule has 0 aliphatic carbocycles. The molecule has 1 aromatic carbocycles. The molecule has 0 radical (unpaired) electrons. The average Bonchev–Trinajstić information content (AvgIpc) is 3.30. The topological polar surface area (TPSA) is 60.2 Å². The van der Waals surface area contributed by atoms with Crippen LogP contribution in [-0.4, -0.2) is 42.0 Å². The number of hydrogen-bond donors (Lipinski definition) is 0. The highest BCUT2D eigenvalue weighted by molar-refractivity contribution is 9.10. The Balaban J connectivity index is 1.36. The number of amides is 1. The highest BCUT2D eigenvalue weighted by Gasteiger charge is 2.20. The Morgan fingerprint density at radius 2 is 1.97 bits per heavy atom. The van der Waals surface area contributed by atoms with Gasteiger partial charge in [0.2, 0.25) is 5.91 Å². The number of carbonyl (C=O) groups is 1. The zero-order chi connectivity index (χ0) is 20.2. The van der Waals surface area contributed by atoms with Crippen molar-refractivity contribution in [2.45, 2.75) is 12.8 Å². The lowest BCUT2D eigenvalue weighted by atomic mass is 10.2. The van der Waals surface area contributed by atoms with Gasteiger partial charge in [-0.25, -0.2) is 4.98 Å². The smallest absolute Gasteiger partial charge is 0.228 e. The number of aromatic nitrogens is 1. The second kappa shape index (κ2) is 9.08. The van der Waals surface area contributed by atoms with Crippen molar-refractivity contribution in [3.8, 4) is 16.0 Å². The molecule has 1 aliphatic heterocycles. The third kappa shape index (κ3) is 4.86. The number of anilines is 1. The molecule has 148 valence electrons. The Morgan fingerprint density at radius 3 is 2.69 bits per heavy atom. The van der Waals surface area contributed by atoms with Gasteiger partial charge in [0.15, 0.2) is 0 Å². The van der Waals surface area contributed by atoms with E-state index in [0.29, 0.717) is 18.5 Å². The lowest BCUT2D eigenvalue weighted by Crippen LogP contribution is -2.36. The number of thiazole rings is 1.